The number of hydrogen-bond donors (Lipinski definition) is 1. The largest absolute Gasteiger partial charge is 0.454 e. The lowest BCUT2D eigenvalue weighted by molar-refractivity contribution is -0.118. The lowest BCUT2D eigenvalue weighted by Crippen LogP contribution is -2.25. The van der Waals surface area contributed by atoms with Crippen molar-refractivity contribution in [1.82, 2.24) is 14.9 Å². The third-order valence-electron chi connectivity index (χ3n) is 5.05. The zero-order valence-corrected chi connectivity index (χ0v) is 18.8. The second-order valence-corrected chi connectivity index (χ2v) is 9.18. The van der Waals surface area contributed by atoms with Gasteiger partial charge in [0.1, 0.15) is 4.83 Å². The summed E-state index contributed by atoms with van der Waals surface area (Å²) >= 11 is 2.72. The Bertz CT molecular complexity index is 1370. The Kier molecular flexibility index (Phi) is 5.59. The first-order valence-electron chi connectivity index (χ1n) is 9.92. The summed E-state index contributed by atoms with van der Waals surface area (Å²) in [5, 5.41) is 4.00. The molecule has 0 atom stereocenters. The van der Waals surface area contributed by atoms with E-state index in [2.05, 4.69) is 10.3 Å². The molecule has 0 fully saturated rings. The highest BCUT2D eigenvalue weighted by Gasteiger charge is 2.16. The molecule has 5 rings (SSSR count). The summed E-state index contributed by atoms with van der Waals surface area (Å²) in [7, 11) is 1.68. The summed E-state index contributed by atoms with van der Waals surface area (Å²) in [5.41, 5.74) is 1.86. The van der Waals surface area contributed by atoms with E-state index in [4.69, 9.17) is 9.47 Å². The van der Waals surface area contributed by atoms with Crippen molar-refractivity contribution in [3.63, 3.8) is 0 Å². The molecule has 162 valence electrons. The first-order chi connectivity index (χ1) is 15.6. The van der Waals surface area contributed by atoms with E-state index in [-0.39, 0.29) is 24.0 Å². The van der Waals surface area contributed by atoms with E-state index in [0.29, 0.717) is 33.4 Å². The highest BCUT2D eigenvalue weighted by Crippen LogP contribution is 2.33. The van der Waals surface area contributed by atoms with Gasteiger partial charge in [-0.15, -0.1) is 11.3 Å². The second-order valence-electron chi connectivity index (χ2n) is 7.21. The Morgan fingerprint density at radius 1 is 1.16 bits per heavy atom. The number of amides is 1. The Balaban J connectivity index is 1.27. The number of nitrogens with zero attached hydrogens (tertiary/aromatic N) is 2. The molecule has 0 saturated heterocycles. The fourth-order valence-corrected chi connectivity index (χ4v) is 5.23. The van der Waals surface area contributed by atoms with Crippen molar-refractivity contribution in [1.29, 1.82) is 0 Å². The predicted octanol–water partition coefficient (Wildman–Crippen LogP) is 3.80. The van der Waals surface area contributed by atoms with Crippen LogP contribution in [0.25, 0.3) is 20.7 Å². The quantitative estimate of drug-likeness (QED) is 0.345. The van der Waals surface area contributed by atoms with Gasteiger partial charge in [0.2, 0.25) is 12.7 Å². The minimum Gasteiger partial charge on any atom is -0.454 e. The van der Waals surface area contributed by atoms with E-state index < -0.39 is 0 Å². The fourth-order valence-electron chi connectivity index (χ4n) is 3.35. The number of hydrogen-bond acceptors (Lipinski definition) is 7. The maximum atomic E-state index is 12.8. The number of ether oxygens (including phenoxy) is 2. The van der Waals surface area contributed by atoms with E-state index in [9.17, 15) is 9.59 Å². The molecular weight excluding hydrogens is 446 g/mol. The molecule has 7 nitrogen and oxygen atoms in total. The van der Waals surface area contributed by atoms with Crippen LogP contribution < -0.4 is 20.3 Å². The third-order valence-corrected chi connectivity index (χ3v) is 7.16. The second kappa shape index (κ2) is 8.68. The fraction of sp³-hybridized carbons (Fsp3) is 0.174. The standard InChI is InChI=1S/C23H19N3O4S2/c1-26-22(28)16-10-19(15-5-3-2-4-6-15)32-21(16)25-23(26)31-12-20(27)24-11-14-7-8-17-18(9-14)30-13-29-17/h2-10H,11-13H2,1H3,(H,24,27). The van der Waals surface area contributed by atoms with Gasteiger partial charge in [-0.05, 0) is 29.3 Å². The first-order valence-corrected chi connectivity index (χ1v) is 11.7. The molecule has 0 aliphatic carbocycles. The summed E-state index contributed by atoms with van der Waals surface area (Å²) in [4.78, 5) is 31.5. The summed E-state index contributed by atoms with van der Waals surface area (Å²) in [6.45, 7) is 0.599. The molecule has 1 amide bonds. The number of nitrogens with one attached hydrogen (secondary N) is 1. The van der Waals surface area contributed by atoms with Crippen LogP contribution in [-0.2, 0) is 18.4 Å². The van der Waals surface area contributed by atoms with Crippen molar-refractivity contribution in [2.45, 2.75) is 11.7 Å². The van der Waals surface area contributed by atoms with E-state index >= 15 is 0 Å². The van der Waals surface area contributed by atoms with Gasteiger partial charge >= 0.3 is 0 Å². The molecule has 0 unspecified atom stereocenters. The van der Waals surface area contributed by atoms with Crippen LogP contribution in [0.5, 0.6) is 11.5 Å². The zero-order valence-electron chi connectivity index (χ0n) is 17.2. The topological polar surface area (TPSA) is 82.5 Å². The van der Waals surface area contributed by atoms with E-state index in [0.717, 1.165) is 16.0 Å². The van der Waals surface area contributed by atoms with Crippen LogP contribution in [-0.4, -0.2) is 28.0 Å². The Labute approximate surface area is 192 Å². The van der Waals surface area contributed by atoms with Gasteiger partial charge in [-0.25, -0.2) is 4.98 Å². The van der Waals surface area contributed by atoms with Crippen LogP contribution in [0.2, 0.25) is 0 Å². The van der Waals surface area contributed by atoms with Crippen molar-refractivity contribution in [3.05, 3.63) is 70.5 Å². The molecule has 32 heavy (non-hydrogen) atoms. The molecule has 2 aromatic heterocycles. The average molecular weight is 466 g/mol. The highest BCUT2D eigenvalue weighted by atomic mass is 32.2. The molecule has 3 heterocycles. The zero-order chi connectivity index (χ0) is 22.1. The molecule has 1 aliphatic rings. The molecule has 0 spiro atoms. The van der Waals surface area contributed by atoms with Gasteiger partial charge in [-0.2, -0.15) is 0 Å². The molecular formula is C23H19N3O4S2. The maximum Gasteiger partial charge on any atom is 0.262 e. The summed E-state index contributed by atoms with van der Waals surface area (Å²) in [5.74, 6) is 1.41. The average Bonchev–Trinajstić information content (AvgIpc) is 3.46. The van der Waals surface area contributed by atoms with Crippen LogP contribution >= 0.6 is 23.1 Å². The van der Waals surface area contributed by atoms with Crippen molar-refractivity contribution in [2.24, 2.45) is 7.05 Å². The third kappa shape index (κ3) is 4.09. The monoisotopic (exact) mass is 465 g/mol. The van der Waals surface area contributed by atoms with Gasteiger partial charge in [0.25, 0.3) is 5.56 Å². The Hall–Kier alpha value is -3.30. The lowest BCUT2D eigenvalue weighted by Gasteiger charge is -2.08. The van der Waals surface area contributed by atoms with Crippen molar-refractivity contribution in [2.75, 3.05) is 12.5 Å². The van der Waals surface area contributed by atoms with Crippen LogP contribution in [0.3, 0.4) is 0 Å². The number of thiophene rings is 1. The number of aromatic nitrogens is 2. The van der Waals surface area contributed by atoms with Crippen molar-refractivity contribution in [3.8, 4) is 21.9 Å². The van der Waals surface area contributed by atoms with Crippen LogP contribution in [0.4, 0.5) is 0 Å². The SMILES string of the molecule is Cn1c(SCC(=O)NCc2ccc3c(c2)OCO3)nc2sc(-c3ccccc3)cc2c1=O. The molecule has 2 aromatic carbocycles. The highest BCUT2D eigenvalue weighted by molar-refractivity contribution is 7.99. The van der Waals surface area contributed by atoms with Gasteiger partial charge in [-0.1, -0.05) is 48.2 Å². The molecule has 0 radical (unpaired) electrons. The van der Waals surface area contributed by atoms with Gasteiger partial charge < -0.3 is 14.8 Å². The minimum atomic E-state index is -0.141. The predicted molar refractivity (Wildman–Crippen MR) is 125 cm³/mol. The Morgan fingerprint density at radius 3 is 2.81 bits per heavy atom. The normalized spacial score (nSPS) is 12.3. The summed E-state index contributed by atoms with van der Waals surface area (Å²) in [6, 6.07) is 17.4. The van der Waals surface area contributed by atoms with Crippen molar-refractivity contribution >= 4 is 39.2 Å². The maximum absolute atomic E-state index is 12.8. The summed E-state index contributed by atoms with van der Waals surface area (Å²) < 4.78 is 12.2. The molecule has 9 heteroatoms. The van der Waals surface area contributed by atoms with Crippen molar-refractivity contribution < 1.29 is 14.3 Å². The minimum absolute atomic E-state index is 0.114. The van der Waals surface area contributed by atoms with E-state index in [1.165, 1.54) is 27.7 Å². The van der Waals surface area contributed by atoms with E-state index in [1.54, 1.807) is 7.05 Å². The first kappa shape index (κ1) is 20.6. The number of fused-ring (bicyclic) bond motifs is 2. The lowest BCUT2D eigenvalue weighted by atomic mass is 10.2. The number of carbonyl (C=O) groups excluding carboxylic acids is 1. The van der Waals surface area contributed by atoms with Gasteiger partial charge in [-0.3, -0.25) is 14.2 Å². The van der Waals surface area contributed by atoms with Crippen LogP contribution in [0.1, 0.15) is 5.56 Å². The molecule has 0 bridgehead atoms. The number of thioether (sulfide) groups is 1. The molecule has 4 aromatic rings. The number of carbonyl (C=O) groups is 1. The Morgan fingerprint density at radius 2 is 1.97 bits per heavy atom. The number of rotatable bonds is 6. The van der Waals surface area contributed by atoms with Gasteiger partial charge in [0.05, 0.1) is 11.1 Å². The molecule has 1 N–H and O–H groups in total. The van der Waals surface area contributed by atoms with Gasteiger partial charge in [0, 0.05) is 18.5 Å². The smallest absolute Gasteiger partial charge is 0.262 e. The molecule has 0 saturated carbocycles. The summed E-state index contributed by atoms with van der Waals surface area (Å²) in [6.07, 6.45) is 0. The van der Waals surface area contributed by atoms with Crippen LogP contribution in [0.15, 0.2) is 64.5 Å². The molecule has 1 aliphatic heterocycles. The number of benzene rings is 2. The van der Waals surface area contributed by atoms with Gasteiger partial charge in [0.15, 0.2) is 16.7 Å². The van der Waals surface area contributed by atoms with Crippen LogP contribution in [0, 0.1) is 0 Å². The van der Waals surface area contributed by atoms with E-state index in [1.807, 2.05) is 54.6 Å².